The normalized spacial score (nSPS) is 10.5. The maximum absolute atomic E-state index is 11.6. The lowest BCUT2D eigenvalue weighted by molar-refractivity contribution is -0.132. The lowest BCUT2D eigenvalue weighted by atomic mass is 10.1. The minimum absolute atomic E-state index is 0.336. The highest BCUT2D eigenvalue weighted by Crippen LogP contribution is 2.30. The van der Waals surface area contributed by atoms with Crippen molar-refractivity contribution < 1.29 is 28.2 Å². The zero-order valence-corrected chi connectivity index (χ0v) is 16.9. The Kier molecular flexibility index (Phi) is 6.85. The molecule has 0 radical (unpaired) electrons. The summed E-state index contributed by atoms with van der Waals surface area (Å²) in [4.78, 5) is 22.5. The molecule has 1 aromatic heterocycles. The van der Waals surface area contributed by atoms with Crippen LogP contribution in [0.3, 0.4) is 0 Å². The van der Waals surface area contributed by atoms with Gasteiger partial charge in [0.05, 0.1) is 0 Å². The van der Waals surface area contributed by atoms with Crippen LogP contribution in [0, 0.1) is 0 Å². The van der Waals surface area contributed by atoms with E-state index in [0.29, 0.717) is 28.6 Å². The number of carbonyl (C=O) groups is 2. The van der Waals surface area contributed by atoms with Crippen LogP contribution in [0.1, 0.15) is 6.92 Å². The monoisotopic (exact) mass is 416 g/mol. The highest BCUT2D eigenvalue weighted by molar-refractivity contribution is 5.88. The first-order valence-electron chi connectivity index (χ1n) is 9.29. The molecule has 0 amide bonds. The molecule has 0 saturated heterocycles. The van der Waals surface area contributed by atoms with Crippen molar-refractivity contribution in [2.75, 3.05) is 0 Å². The van der Waals surface area contributed by atoms with Gasteiger partial charge in [-0.05, 0) is 67.6 Å². The Morgan fingerprint density at radius 2 is 1.39 bits per heavy atom. The number of furan rings is 1. The van der Waals surface area contributed by atoms with E-state index in [1.165, 1.54) is 6.26 Å². The number of benzene rings is 2. The average Bonchev–Trinajstić information content (AvgIpc) is 3.27. The third-order valence-corrected chi connectivity index (χ3v) is 4.05. The Labute approximate surface area is 179 Å². The summed E-state index contributed by atoms with van der Waals surface area (Å²) in [6, 6.07) is 18.0. The first-order chi connectivity index (χ1) is 15.0. The summed E-state index contributed by atoms with van der Waals surface area (Å²) in [6.45, 7) is 8.45. The van der Waals surface area contributed by atoms with Crippen molar-refractivity contribution in [2.45, 2.75) is 6.92 Å². The number of ether oxygens (including phenoxy) is 3. The molecule has 31 heavy (non-hydrogen) atoms. The molecular weight excluding hydrogens is 396 g/mol. The standard InChI is InChI=1S/C25H20O6/c1-4-24(26)29-16-15-28-20-9-5-18(6-10-20)22-13-14-23(31-22)19-7-11-21(12-8-19)30-25(27)17(2)3/h4-16H,1-2H2,3H3. The largest absolute Gasteiger partial charge is 0.462 e. The van der Waals surface area contributed by atoms with Crippen LogP contribution >= 0.6 is 0 Å². The van der Waals surface area contributed by atoms with Gasteiger partial charge in [0, 0.05) is 22.8 Å². The predicted molar refractivity (Wildman–Crippen MR) is 116 cm³/mol. The van der Waals surface area contributed by atoms with Crippen molar-refractivity contribution in [1.82, 2.24) is 0 Å². The molecule has 0 fully saturated rings. The summed E-state index contributed by atoms with van der Waals surface area (Å²) in [7, 11) is 0. The summed E-state index contributed by atoms with van der Waals surface area (Å²) < 4.78 is 21.2. The average molecular weight is 416 g/mol. The fraction of sp³-hybridized carbons (Fsp3) is 0.0400. The molecule has 0 aliphatic rings. The number of carbonyl (C=O) groups excluding carboxylic acids is 2. The van der Waals surface area contributed by atoms with Gasteiger partial charge in [-0.25, -0.2) is 9.59 Å². The maximum atomic E-state index is 11.6. The molecule has 6 heteroatoms. The van der Waals surface area contributed by atoms with E-state index < -0.39 is 11.9 Å². The lowest BCUT2D eigenvalue weighted by Gasteiger charge is -2.04. The van der Waals surface area contributed by atoms with Crippen LogP contribution in [0.25, 0.3) is 22.6 Å². The number of rotatable bonds is 8. The second kappa shape index (κ2) is 9.93. The third-order valence-electron chi connectivity index (χ3n) is 4.05. The van der Waals surface area contributed by atoms with Crippen molar-refractivity contribution in [3.8, 4) is 34.1 Å². The molecule has 2 aromatic carbocycles. The number of esters is 2. The smallest absolute Gasteiger partial charge is 0.338 e. The van der Waals surface area contributed by atoms with Crippen LogP contribution in [0.5, 0.6) is 11.5 Å². The van der Waals surface area contributed by atoms with Gasteiger partial charge in [0.25, 0.3) is 0 Å². The summed E-state index contributed by atoms with van der Waals surface area (Å²) in [5.74, 6) is 1.35. The molecule has 0 spiro atoms. The van der Waals surface area contributed by atoms with E-state index in [4.69, 9.17) is 13.9 Å². The molecule has 3 rings (SSSR count). The SMILES string of the molecule is C=CC(=O)OC=COc1ccc(-c2ccc(-c3ccc(OC(=O)C(=C)C)cc3)o2)cc1. The van der Waals surface area contributed by atoms with Gasteiger partial charge >= 0.3 is 11.9 Å². The van der Waals surface area contributed by atoms with E-state index in [1.807, 2.05) is 36.4 Å². The van der Waals surface area contributed by atoms with E-state index in [-0.39, 0.29) is 0 Å². The van der Waals surface area contributed by atoms with Crippen molar-refractivity contribution in [3.63, 3.8) is 0 Å². The first kappa shape index (κ1) is 21.4. The summed E-state index contributed by atoms with van der Waals surface area (Å²) in [5.41, 5.74) is 2.05. The fourth-order valence-corrected chi connectivity index (χ4v) is 2.48. The minimum atomic E-state index is -0.564. The summed E-state index contributed by atoms with van der Waals surface area (Å²) in [6.07, 6.45) is 3.46. The van der Waals surface area contributed by atoms with Crippen LogP contribution in [0.4, 0.5) is 0 Å². The summed E-state index contributed by atoms with van der Waals surface area (Å²) in [5, 5.41) is 0. The Bertz CT molecular complexity index is 1120. The van der Waals surface area contributed by atoms with Gasteiger partial charge in [-0.2, -0.15) is 0 Å². The van der Waals surface area contributed by atoms with Crippen LogP contribution in [0.2, 0.25) is 0 Å². The molecule has 0 saturated carbocycles. The Morgan fingerprint density at radius 1 is 0.839 bits per heavy atom. The topological polar surface area (TPSA) is 75.0 Å². The molecule has 0 aliphatic heterocycles. The zero-order valence-electron chi connectivity index (χ0n) is 16.9. The van der Waals surface area contributed by atoms with Crippen LogP contribution in [-0.2, 0) is 14.3 Å². The van der Waals surface area contributed by atoms with E-state index in [0.717, 1.165) is 23.5 Å². The van der Waals surface area contributed by atoms with Crippen molar-refractivity contribution >= 4 is 11.9 Å². The fourth-order valence-electron chi connectivity index (χ4n) is 2.48. The van der Waals surface area contributed by atoms with Crippen LogP contribution in [0.15, 0.2) is 102 Å². The molecule has 6 nitrogen and oxygen atoms in total. The second-order valence-electron chi connectivity index (χ2n) is 6.41. The molecule has 0 unspecified atom stereocenters. The van der Waals surface area contributed by atoms with Gasteiger partial charge in [-0.1, -0.05) is 13.2 Å². The lowest BCUT2D eigenvalue weighted by Crippen LogP contribution is -2.07. The van der Waals surface area contributed by atoms with E-state index in [9.17, 15) is 9.59 Å². The van der Waals surface area contributed by atoms with Gasteiger partial charge in [-0.3, -0.25) is 0 Å². The molecule has 1 heterocycles. The molecule has 156 valence electrons. The Balaban J connectivity index is 1.64. The Morgan fingerprint density at radius 3 is 1.90 bits per heavy atom. The highest BCUT2D eigenvalue weighted by atomic mass is 16.5. The van der Waals surface area contributed by atoms with Crippen molar-refractivity contribution in [3.05, 3.63) is 98.0 Å². The Hall–Kier alpha value is -4.32. The van der Waals surface area contributed by atoms with Crippen LogP contribution in [-0.4, -0.2) is 11.9 Å². The molecule has 0 N–H and O–H groups in total. The number of hydrogen-bond acceptors (Lipinski definition) is 6. The number of hydrogen-bond donors (Lipinski definition) is 0. The van der Waals surface area contributed by atoms with Crippen molar-refractivity contribution in [1.29, 1.82) is 0 Å². The third kappa shape index (κ3) is 5.83. The zero-order chi connectivity index (χ0) is 22.2. The highest BCUT2D eigenvalue weighted by Gasteiger charge is 2.09. The minimum Gasteiger partial charge on any atom is -0.462 e. The van der Waals surface area contributed by atoms with Gasteiger partial charge in [0.2, 0.25) is 0 Å². The van der Waals surface area contributed by atoms with E-state index in [2.05, 4.69) is 17.9 Å². The van der Waals surface area contributed by atoms with Gasteiger partial charge in [0.1, 0.15) is 35.5 Å². The van der Waals surface area contributed by atoms with E-state index >= 15 is 0 Å². The summed E-state index contributed by atoms with van der Waals surface area (Å²) >= 11 is 0. The van der Waals surface area contributed by atoms with Gasteiger partial charge < -0.3 is 18.6 Å². The molecule has 0 bridgehead atoms. The quantitative estimate of drug-likeness (QED) is 0.204. The molecule has 0 atom stereocenters. The van der Waals surface area contributed by atoms with Gasteiger partial charge in [0.15, 0.2) is 0 Å². The van der Waals surface area contributed by atoms with Gasteiger partial charge in [-0.15, -0.1) is 0 Å². The first-order valence-corrected chi connectivity index (χ1v) is 9.29. The molecule has 0 aliphatic carbocycles. The van der Waals surface area contributed by atoms with Crippen LogP contribution < -0.4 is 9.47 Å². The molecule has 3 aromatic rings. The predicted octanol–water partition coefficient (Wildman–Crippen LogP) is 5.67. The second-order valence-corrected chi connectivity index (χ2v) is 6.41. The van der Waals surface area contributed by atoms with Crippen molar-refractivity contribution in [2.24, 2.45) is 0 Å². The van der Waals surface area contributed by atoms with E-state index in [1.54, 1.807) is 31.2 Å². The molecular formula is C25H20O6. The maximum Gasteiger partial charge on any atom is 0.338 e.